The normalized spacial score (nSPS) is 15.8. The minimum atomic E-state index is -6.20. The Morgan fingerprint density at radius 2 is 1.80 bits per heavy atom. The molecule has 19 heteroatoms. The number of benzene rings is 1. The van der Waals surface area contributed by atoms with Gasteiger partial charge in [0, 0.05) is 24.2 Å². The van der Waals surface area contributed by atoms with E-state index >= 15 is 4.39 Å². The van der Waals surface area contributed by atoms with Gasteiger partial charge in [-0.15, -0.1) is 11.3 Å². The molecule has 1 amide bonds. The van der Waals surface area contributed by atoms with E-state index in [9.17, 15) is 35.9 Å². The standard InChI is InChI=1S/C30H33F5N4O7S2Si/c1-16-21-15-20(37-39(21)9-8-38(16)28(40)41)25-24(26-18(7-12-47-26)27(36-25)46-48(42,43)30(33,34)35)23-19(32)13-17(31)14-22(23)44-10-11-45-49(5,6)29(2,3)4/h7,12-16H,8-11H2,1-6H3,(H,40,41)/t16-/m1/s1. The first-order chi connectivity index (χ1) is 22.6. The van der Waals surface area contributed by atoms with Crippen molar-refractivity contribution in [3.8, 4) is 34.1 Å². The van der Waals surface area contributed by atoms with E-state index in [2.05, 4.69) is 14.3 Å². The van der Waals surface area contributed by atoms with Gasteiger partial charge in [-0.3, -0.25) is 9.58 Å². The summed E-state index contributed by atoms with van der Waals surface area (Å²) in [6.07, 6.45) is -1.19. The lowest BCUT2D eigenvalue weighted by Crippen LogP contribution is -2.41. The largest absolute Gasteiger partial charge is 0.534 e. The molecule has 5 rings (SSSR count). The Bertz CT molecular complexity index is 2030. The van der Waals surface area contributed by atoms with Gasteiger partial charge in [0.1, 0.15) is 35.4 Å². The molecule has 266 valence electrons. The summed E-state index contributed by atoms with van der Waals surface area (Å²) in [6, 6.07) is 3.49. The molecule has 1 aromatic carbocycles. The molecule has 0 radical (unpaired) electrons. The van der Waals surface area contributed by atoms with Crippen molar-refractivity contribution in [2.75, 3.05) is 19.8 Å². The van der Waals surface area contributed by atoms with Crippen molar-refractivity contribution in [2.45, 2.75) is 63.9 Å². The van der Waals surface area contributed by atoms with Gasteiger partial charge < -0.3 is 18.5 Å². The molecule has 1 atom stereocenters. The fourth-order valence-corrected chi connectivity index (χ4v) is 7.47. The van der Waals surface area contributed by atoms with Crippen molar-refractivity contribution in [1.82, 2.24) is 19.7 Å². The number of hydrogen-bond acceptors (Lipinski definition) is 9. The Labute approximate surface area is 283 Å². The van der Waals surface area contributed by atoms with E-state index in [0.29, 0.717) is 11.8 Å². The second kappa shape index (κ2) is 12.8. The van der Waals surface area contributed by atoms with E-state index in [1.165, 1.54) is 22.2 Å². The van der Waals surface area contributed by atoms with Crippen LogP contribution in [-0.2, 0) is 21.1 Å². The third-order valence-electron chi connectivity index (χ3n) is 8.67. The zero-order chi connectivity index (χ0) is 36.3. The summed E-state index contributed by atoms with van der Waals surface area (Å²) >= 11 is 0.909. The highest BCUT2D eigenvalue weighted by Crippen LogP contribution is 2.48. The van der Waals surface area contributed by atoms with Crippen LogP contribution in [0.15, 0.2) is 29.6 Å². The first-order valence-electron chi connectivity index (χ1n) is 14.9. The topological polar surface area (TPSA) is 133 Å². The average molecular weight is 749 g/mol. The Hall–Kier alpha value is -3.81. The van der Waals surface area contributed by atoms with Gasteiger partial charge in [0.05, 0.1) is 40.5 Å². The number of rotatable bonds is 9. The van der Waals surface area contributed by atoms with Crippen LogP contribution in [-0.4, -0.2) is 72.9 Å². The molecule has 4 heterocycles. The molecule has 0 aliphatic carbocycles. The van der Waals surface area contributed by atoms with Crippen LogP contribution in [0.1, 0.15) is 39.4 Å². The summed E-state index contributed by atoms with van der Waals surface area (Å²) in [7, 11) is -8.41. The van der Waals surface area contributed by atoms with Gasteiger partial charge in [-0.1, -0.05) is 20.8 Å². The lowest BCUT2D eigenvalue weighted by molar-refractivity contribution is -0.0500. The summed E-state index contributed by atoms with van der Waals surface area (Å²) in [5, 5.41) is 15.2. The van der Waals surface area contributed by atoms with Crippen molar-refractivity contribution in [3.05, 3.63) is 47.0 Å². The molecule has 0 saturated carbocycles. The Kier molecular flexibility index (Phi) is 9.54. The highest BCUT2D eigenvalue weighted by Gasteiger charge is 2.49. The molecule has 1 aliphatic rings. The average Bonchev–Trinajstić information content (AvgIpc) is 3.63. The maximum absolute atomic E-state index is 16.0. The van der Waals surface area contributed by atoms with Gasteiger partial charge in [-0.2, -0.15) is 26.7 Å². The molecular weight excluding hydrogens is 716 g/mol. The quantitative estimate of drug-likeness (QED) is 0.0599. The maximum Gasteiger partial charge on any atom is 0.534 e. The van der Waals surface area contributed by atoms with Gasteiger partial charge >= 0.3 is 21.7 Å². The number of hydrogen-bond donors (Lipinski definition) is 1. The van der Waals surface area contributed by atoms with Crippen molar-refractivity contribution in [3.63, 3.8) is 0 Å². The Morgan fingerprint density at radius 3 is 2.43 bits per heavy atom. The van der Waals surface area contributed by atoms with Gasteiger partial charge in [0.25, 0.3) is 0 Å². The first kappa shape index (κ1) is 36.5. The van der Waals surface area contributed by atoms with E-state index in [1.54, 1.807) is 6.92 Å². The van der Waals surface area contributed by atoms with Crippen molar-refractivity contribution in [2.24, 2.45) is 0 Å². The number of halogens is 5. The fraction of sp³-hybridized carbons (Fsp3) is 0.433. The molecule has 0 fully saturated rings. The van der Waals surface area contributed by atoms with Gasteiger partial charge in [-0.25, -0.2) is 18.6 Å². The summed E-state index contributed by atoms with van der Waals surface area (Å²) < 4.78 is 113. The fourth-order valence-electron chi connectivity index (χ4n) is 5.08. The predicted molar refractivity (Wildman–Crippen MR) is 174 cm³/mol. The molecule has 49 heavy (non-hydrogen) atoms. The summed E-state index contributed by atoms with van der Waals surface area (Å²) in [4.78, 5) is 17.1. The lowest BCUT2D eigenvalue weighted by Gasteiger charge is -2.36. The smallest absolute Gasteiger partial charge is 0.490 e. The summed E-state index contributed by atoms with van der Waals surface area (Å²) in [5.74, 6) is -3.31. The number of aromatic nitrogens is 3. The SMILES string of the molecule is C[C@@H]1c2cc(-c3nc(OS(=O)(=O)C(F)(F)F)c4ccsc4c3-c3c(F)cc(F)cc3OCCO[Si](C)(C)C(C)(C)C)nn2CCN1C(=O)O. The van der Waals surface area contributed by atoms with Crippen LogP contribution in [0.25, 0.3) is 32.6 Å². The molecule has 11 nitrogen and oxygen atoms in total. The number of nitrogens with zero attached hydrogens (tertiary/aromatic N) is 4. The van der Waals surface area contributed by atoms with E-state index < -0.39 is 53.6 Å². The van der Waals surface area contributed by atoms with Crippen LogP contribution in [0.4, 0.5) is 26.7 Å². The number of thiophene rings is 1. The highest BCUT2D eigenvalue weighted by atomic mass is 32.2. The predicted octanol–water partition coefficient (Wildman–Crippen LogP) is 7.79. The second-order valence-corrected chi connectivity index (χ2v) is 20.1. The molecule has 0 bridgehead atoms. The third-order valence-corrected chi connectivity index (χ3v) is 15.1. The Morgan fingerprint density at radius 1 is 1.10 bits per heavy atom. The van der Waals surface area contributed by atoms with E-state index in [4.69, 9.17) is 9.16 Å². The van der Waals surface area contributed by atoms with Crippen LogP contribution >= 0.6 is 11.3 Å². The Balaban J connectivity index is 1.71. The van der Waals surface area contributed by atoms with E-state index in [1.807, 2.05) is 33.9 Å². The van der Waals surface area contributed by atoms with Crippen molar-refractivity contribution >= 4 is 46.0 Å². The van der Waals surface area contributed by atoms with E-state index in [-0.39, 0.29) is 69.7 Å². The van der Waals surface area contributed by atoms with E-state index in [0.717, 1.165) is 22.3 Å². The first-order valence-corrected chi connectivity index (χ1v) is 20.1. The number of amides is 1. The molecule has 1 N–H and O–H groups in total. The number of pyridine rings is 1. The van der Waals surface area contributed by atoms with Crippen LogP contribution in [0.2, 0.25) is 18.1 Å². The molecule has 0 saturated heterocycles. The second-order valence-electron chi connectivity index (χ2n) is 12.8. The monoisotopic (exact) mass is 748 g/mol. The molecule has 0 spiro atoms. The molecule has 3 aromatic heterocycles. The third kappa shape index (κ3) is 6.97. The summed E-state index contributed by atoms with van der Waals surface area (Å²) in [6.45, 7) is 11.9. The maximum atomic E-state index is 16.0. The van der Waals surface area contributed by atoms with Gasteiger partial charge in [0.15, 0.2) is 8.32 Å². The highest BCUT2D eigenvalue weighted by molar-refractivity contribution is 7.88. The zero-order valence-corrected chi connectivity index (χ0v) is 29.8. The molecular formula is C30H33F5N4O7S2Si. The van der Waals surface area contributed by atoms with Crippen LogP contribution < -0.4 is 8.92 Å². The number of alkyl halides is 3. The van der Waals surface area contributed by atoms with Crippen molar-refractivity contribution in [1.29, 1.82) is 0 Å². The molecule has 4 aromatic rings. The van der Waals surface area contributed by atoms with Crippen LogP contribution in [0.5, 0.6) is 11.6 Å². The summed E-state index contributed by atoms with van der Waals surface area (Å²) in [5.41, 5.74) is -6.20. The zero-order valence-electron chi connectivity index (χ0n) is 27.2. The number of carboxylic acid groups (broad SMARTS) is 1. The molecule has 0 unspecified atom stereocenters. The van der Waals surface area contributed by atoms with Crippen molar-refractivity contribution < 1.29 is 53.6 Å². The minimum Gasteiger partial charge on any atom is -0.490 e. The molecule has 1 aliphatic heterocycles. The lowest BCUT2D eigenvalue weighted by atomic mass is 9.98. The van der Waals surface area contributed by atoms with Gasteiger partial charge in [0.2, 0.25) is 5.88 Å². The van der Waals surface area contributed by atoms with Crippen LogP contribution in [0.3, 0.4) is 0 Å². The number of fused-ring (bicyclic) bond motifs is 2. The minimum absolute atomic E-state index is 0.0384. The number of carbonyl (C=O) groups is 1. The van der Waals surface area contributed by atoms with Gasteiger partial charge in [-0.05, 0) is 42.6 Å². The number of ether oxygens (including phenoxy) is 1. The van der Waals surface area contributed by atoms with Crippen LogP contribution in [0, 0.1) is 11.6 Å².